The number of nitrogens with zero attached hydrogens (tertiary/aromatic N) is 3. The van der Waals surface area contributed by atoms with Crippen molar-refractivity contribution in [1.29, 1.82) is 0 Å². The monoisotopic (exact) mass is 443 g/mol. The number of para-hydroxylation sites is 1. The van der Waals surface area contributed by atoms with Crippen LogP contribution >= 0.6 is 22.9 Å². The van der Waals surface area contributed by atoms with Crippen molar-refractivity contribution in [3.8, 4) is 22.1 Å². The molecular weight excluding hydrogens is 422 g/mol. The van der Waals surface area contributed by atoms with E-state index in [2.05, 4.69) is 10.2 Å². The minimum Gasteiger partial charge on any atom is -0.496 e. The van der Waals surface area contributed by atoms with Crippen LogP contribution in [0.1, 0.15) is 34.1 Å². The van der Waals surface area contributed by atoms with Gasteiger partial charge in [0.1, 0.15) is 16.5 Å². The molecule has 1 saturated heterocycles. The minimum atomic E-state index is -0.0558. The number of methoxy groups -OCH3 is 2. The first kappa shape index (κ1) is 20.6. The lowest BCUT2D eigenvalue weighted by Crippen LogP contribution is -2.38. The molecular formula is C22H22ClN3O3S. The van der Waals surface area contributed by atoms with Crippen molar-refractivity contribution in [2.24, 2.45) is 0 Å². The molecule has 0 radical (unpaired) electrons. The van der Waals surface area contributed by atoms with Gasteiger partial charge in [-0.05, 0) is 43.2 Å². The van der Waals surface area contributed by atoms with E-state index in [1.807, 2.05) is 29.2 Å². The first-order valence-electron chi connectivity index (χ1n) is 9.70. The zero-order chi connectivity index (χ0) is 21.1. The summed E-state index contributed by atoms with van der Waals surface area (Å²) in [6.45, 7) is 1.31. The Labute approximate surface area is 184 Å². The standard InChI is InChI=1S/C22H22ClN3O3S/c1-28-18-6-4-3-5-16(18)21-25-24-20(30-21)14-9-11-26(12-10-14)22(27)17-13-15(23)7-8-19(17)29-2/h3-8,13-14H,9-12H2,1-2H3. The third kappa shape index (κ3) is 4.13. The molecule has 3 aromatic rings. The summed E-state index contributed by atoms with van der Waals surface area (Å²) < 4.78 is 10.8. The Morgan fingerprint density at radius 2 is 1.80 bits per heavy atom. The van der Waals surface area contributed by atoms with Gasteiger partial charge in [-0.3, -0.25) is 4.79 Å². The van der Waals surface area contributed by atoms with Crippen molar-refractivity contribution >= 4 is 28.8 Å². The van der Waals surface area contributed by atoms with E-state index in [-0.39, 0.29) is 11.8 Å². The van der Waals surface area contributed by atoms with E-state index in [1.54, 1.807) is 43.8 Å². The van der Waals surface area contributed by atoms with Gasteiger partial charge in [0.15, 0.2) is 5.01 Å². The molecule has 1 aliphatic heterocycles. The van der Waals surface area contributed by atoms with Crippen LogP contribution in [0.25, 0.3) is 10.6 Å². The van der Waals surface area contributed by atoms with Crippen LogP contribution in [0.4, 0.5) is 0 Å². The predicted molar refractivity (Wildman–Crippen MR) is 118 cm³/mol. The number of rotatable bonds is 5. The number of piperidine rings is 1. The van der Waals surface area contributed by atoms with Crippen molar-refractivity contribution in [3.05, 3.63) is 58.1 Å². The third-order valence-electron chi connectivity index (χ3n) is 5.30. The molecule has 0 aliphatic carbocycles. The van der Waals surface area contributed by atoms with E-state index in [1.165, 1.54) is 0 Å². The number of carbonyl (C=O) groups excluding carboxylic acids is 1. The third-order valence-corrected chi connectivity index (χ3v) is 6.66. The summed E-state index contributed by atoms with van der Waals surface area (Å²) in [5.41, 5.74) is 1.45. The normalized spacial score (nSPS) is 14.6. The van der Waals surface area contributed by atoms with Crippen LogP contribution in [0.3, 0.4) is 0 Å². The molecule has 0 saturated carbocycles. The lowest BCUT2D eigenvalue weighted by molar-refractivity contribution is 0.0709. The second kappa shape index (κ2) is 9.02. The Morgan fingerprint density at radius 3 is 2.53 bits per heavy atom. The Kier molecular flexibility index (Phi) is 6.20. The highest BCUT2D eigenvalue weighted by Gasteiger charge is 2.28. The van der Waals surface area contributed by atoms with Crippen molar-refractivity contribution in [2.45, 2.75) is 18.8 Å². The molecule has 1 aliphatic rings. The summed E-state index contributed by atoms with van der Waals surface area (Å²) in [4.78, 5) is 14.8. The summed E-state index contributed by atoms with van der Waals surface area (Å²) in [7, 11) is 3.21. The van der Waals surface area contributed by atoms with Gasteiger partial charge >= 0.3 is 0 Å². The molecule has 0 unspecified atom stereocenters. The second-order valence-corrected chi connectivity index (χ2v) is 8.50. The van der Waals surface area contributed by atoms with Crippen molar-refractivity contribution in [1.82, 2.24) is 15.1 Å². The van der Waals surface area contributed by atoms with Crippen molar-refractivity contribution in [2.75, 3.05) is 27.3 Å². The number of hydrogen-bond acceptors (Lipinski definition) is 6. The maximum Gasteiger partial charge on any atom is 0.257 e. The number of aromatic nitrogens is 2. The minimum absolute atomic E-state index is 0.0558. The topological polar surface area (TPSA) is 64.5 Å². The van der Waals surface area contributed by atoms with Crippen LogP contribution in [0.5, 0.6) is 11.5 Å². The van der Waals surface area contributed by atoms with Gasteiger partial charge in [0, 0.05) is 24.0 Å². The Hall–Kier alpha value is -2.64. The molecule has 0 bridgehead atoms. The molecule has 2 aromatic carbocycles. The Morgan fingerprint density at radius 1 is 1.07 bits per heavy atom. The molecule has 0 N–H and O–H groups in total. The number of amides is 1. The molecule has 0 spiro atoms. The van der Waals surface area contributed by atoms with Gasteiger partial charge in [0.25, 0.3) is 5.91 Å². The smallest absolute Gasteiger partial charge is 0.257 e. The zero-order valence-corrected chi connectivity index (χ0v) is 18.4. The summed E-state index contributed by atoms with van der Waals surface area (Å²) in [5.74, 6) is 1.56. The van der Waals surface area contributed by atoms with Gasteiger partial charge in [-0.15, -0.1) is 10.2 Å². The maximum atomic E-state index is 13.0. The fraction of sp³-hybridized carbons (Fsp3) is 0.318. The largest absolute Gasteiger partial charge is 0.496 e. The number of carbonyl (C=O) groups is 1. The number of benzene rings is 2. The Balaban J connectivity index is 1.45. The summed E-state index contributed by atoms with van der Waals surface area (Å²) in [6, 6.07) is 12.9. The summed E-state index contributed by atoms with van der Waals surface area (Å²) in [6.07, 6.45) is 1.68. The van der Waals surface area contributed by atoms with Crippen molar-refractivity contribution in [3.63, 3.8) is 0 Å². The molecule has 156 valence electrons. The predicted octanol–water partition coefficient (Wildman–Crippen LogP) is 4.90. The van der Waals surface area contributed by atoms with Gasteiger partial charge in [-0.1, -0.05) is 35.1 Å². The van der Waals surface area contributed by atoms with Gasteiger partial charge in [0.2, 0.25) is 0 Å². The van der Waals surface area contributed by atoms with Gasteiger partial charge in [0.05, 0.1) is 25.3 Å². The quantitative estimate of drug-likeness (QED) is 0.561. The first-order valence-corrected chi connectivity index (χ1v) is 10.9. The fourth-order valence-electron chi connectivity index (χ4n) is 3.68. The summed E-state index contributed by atoms with van der Waals surface area (Å²) >= 11 is 7.68. The summed E-state index contributed by atoms with van der Waals surface area (Å²) in [5, 5.41) is 11.2. The fourth-order valence-corrected chi connectivity index (χ4v) is 4.89. The Bertz CT molecular complexity index is 1050. The molecule has 1 amide bonds. The highest BCUT2D eigenvalue weighted by atomic mass is 35.5. The lowest BCUT2D eigenvalue weighted by Gasteiger charge is -2.31. The van der Waals surface area contributed by atoms with Crippen LogP contribution in [-0.2, 0) is 0 Å². The first-order chi connectivity index (χ1) is 14.6. The average Bonchev–Trinajstić information content (AvgIpc) is 3.28. The number of halogens is 1. The lowest BCUT2D eigenvalue weighted by atomic mass is 9.97. The molecule has 2 heterocycles. The maximum absolute atomic E-state index is 13.0. The van der Waals surface area contributed by atoms with Gasteiger partial charge < -0.3 is 14.4 Å². The van der Waals surface area contributed by atoms with Crippen molar-refractivity contribution < 1.29 is 14.3 Å². The van der Waals surface area contributed by atoms with E-state index in [0.717, 1.165) is 34.2 Å². The molecule has 1 aromatic heterocycles. The van der Waals surface area contributed by atoms with E-state index >= 15 is 0 Å². The molecule has 0 atom stereocenters. The molecule has 30 heavy (non-hydrogen) atoms. The number of likely N-dealkylation sites (tertiary alicyclic amines) is 1. The van der Waals surface area contributed by atoms with E-state index in [0.29, 0.717) is 29.4 Å². The molecule has 4 rings (SSSR count). The van der Waals surface area contributed by atoms with Gasteiger partial charge in [-0.2, -0.15) is 0 Å². The molecule has 6 nitrogen and oxygen atoms in total. The second-order valence-electron chi connectivity index (χ2n) is 7.06. The van der Waals surface area contributed by atoms with Crippen LogP contribution < -0.4 is 9.47 Å². The van der Waals surface area contributed by atoms with E-state index in [9.17, 15) is 4.79 Å². The highest BCUT2D eigenvalue weighted by Crippen LogP contribution is 2.37. The van der Waals surface area contributed by atoms with Crippen LogP contribution in [0.2, 0.25) is 5.02 Å². The zero-order valence-electron chi connectivity index (χ0n) is 16.8. The number of hydrogen-bond donors (Lipinski definition) is 0. The van der Waals surface area contributed by atoms with E-state index in [4.69, 9.17) is 21.1 Å². The average molecular weight is 444 g/mol. The van der Waals surface area contributed by atoms with Gasteiger partial charge in [-0.25, -0.2) is 0 Å². The SMILES string of the molecule is COc1ccc(Cl)cc1C(=O)N1CCC(c2nnc(-c3ccccc3OC)s2)CC1. The van der Waals surface area contributed by atoms with Crippen LogP contribution in [-0.4, -0.2) is 48.3 Å². The molecule has 8 heteroatoms. The van der Waals surface area contributed by atoms with Crippen LogP contribution in [0, 0.1) is 0 Å². The number of ether oxygens (including phenoxy) is 2. The highest BCUT2D eigenvalue weighted by molar-refractivity contribution is 7.14. The van der Waals surface area contributed by atoms with E-state index < -0.39 is 0 Å². The van der Waals surface area contributed by atoms with Crippen LogP contribution in [0.15, 0.2) is 42.5 Å². The molecule has 1 fully saturated rings.